The van der Waals surface area contributed by atoms with Crippen molar-refractivity contribution in [3.05, 3.63) is 41.7 Å². The molecule has 0 aliphatic carbocycles. The van der Waals surface area contributed by atoms with Gasteiger partial charge in [-0.05, 0) is 29.7 Å². The topological polar surface area (TPSA) is 61.7 Å². The Labute approximate surface area is 174 Å². The molecule has 2 aliphatic heterocycles. The zero-order valence-corrected chi connectivity index (χ0v) is 17.7. The fourth-order valence-corrected chi connectivity index (χ4v) is 4.83. The molecule has 3 heterocycles. The van der Waals surface area contributed by atoms with E-state index in [9.17, 15) is 0 Å². The number of nitrogens with zero attached hydrogens (tertiary/aromatic N) is 4. The lowest BCUT2D eigenvalue weighted by molar-refractivity contribution is -1.03. The molecule has 29 heavy (non-hydrogen) atoms. The summed E-state index contributed by atoms with van der Waals surface area (Å²) in [5.41, 5.74) is 1.44. The van der Waals surface area contributed by atoms with Crippen LogP contribution in [0.5, 0.6) is 0 Å². The van der Waals surface area contributed by atoms with Gasteiger partial charge in [0.1, 0.15) is 38.8 Å². The van der Waals surface area contributed by atoms with E-state index in [1.54, 1.807) is 9.80 Å². The SMILES string of the molecule is CCCC[C@H](c1nnnn1C[C@@H]1CCCO1)[NH+]1CC[NH+](Cc2ccccc2)CC1. The molecular weight excluding hydrogens is 364 g/mol. The standard InChI is InChI=1S/C22H34N6O/c1-2-3-11-21(22-23-24-25-28(22)18-20-10-7-16-29-20)27-14-12-26(13-15-27)17-19-8-5-4-6-9-19/h4-6,8-9,20-21H,2-3,7,10-18H2,1H3/p+2/t20-,21+/m0/s1. The molecule has 0 radical (unpaired) electrons. The van der Waals surface area contributed by atoms with E-state index in [1.807, 2.05) is 4.68 Å². The zero-order chi connectivity index (χ0) is 19.9. The number of ether oxygens (including phenoxy) is 1. The fraction of sp³-hybridized carbons (Fsp3) is 0.682. The first-order chi connectivity index (χ1) is 14.3. The molecule has 1 aromatic carbocycles. The highest BCUT2D eigenvalue weighted by atomic mass is 16.5. The minimum absolute atomic E-state index is 0.270. The summed E-state index contributed by atoms with van der Waals surface area (Å²) >= 11 is 0. The number of tetrazole rings is 1. The molecule has 0 bridgehead atoms. The van der Waals surface area contributed by atoms with Gasteiger partial charge in [0.2, 0.25) is 5.82 Å². The second kappa shape index (κ2) is 10.3. The van der Waals surface area contributed by atoms with Crippen molar-refractivity contribution in [3.8, 4) is 0 Å². The molecule has 0 saturated carbocycles. The second-order valence-corrected chi connectivity index (χ2v) is 8.62. The highest BCUT2D eigenvalue weighted by Crippen LogP contribution is 2.18. The molecule has 2 aliphatic rings. The van der Waals surface area contributed by atoms with Crippen LogP contribution in [-0.2, 0) is 17.8 Å². The van der Waals surface area contributed by atoms with Crippen molar-refractivity contribution in [1.29, 1.82) is 0 Å². The number of hydrogen-bond acceptors (Lipinski definition) is 4. The van der Waals surface area contributed by atoms with Gasteiger partial charge < -0.3 is 14.5 Å². The van der Waals surface area contributed by atoms with Gasteiger partial charge in [-0.15, -0.1) is 5.10 Å². The van der Waals surface area contributed by atoms with Crippen LogP contribution in [0.25, 0.3) is 0 Å². The maximum absolute atomic E-state index is 5.83. The van der Waals surface area contributed by atoms with Crippen molar-refractivity contribution in [2.24, 2.45) is 0 Å². The lowest BCUT2D eigenvalue weighted by atomic mass is 10.1. The summed E-state index contributed by atoms with van der Waals surface area (Å²) in [5, 5.41) is 12.9. The fourth-order valence-electron chi connectivity index (χ4n) is 4.83. The van der Waals surface area contributed by atoms with Crippen LogP contribution < -0.4 is 9.80 Å². The second-order valence-electron chi connectivity index (χ2n) is 8.62. The molecule has 2 atom stereocenters. The van der Waals surface area contributed by atoms with Crippen LogP contribution in [0, 0.1) is 0 Å². The minimum atomic E-state index is 0.270. The Morgan fingerprint density at radius 3 is 2.72 bits per heavy atom. The van der Waals surface area contributed by atoms with Crippen molar-refractivity contribution < 1.29 is 14.5 Å². The first kappa shape index (κ1) is 20.4. The van der Waals surface area contributed by atoms with Crippen LogP contribution >= 0.6 is 0 Å². The summed E-state index contributed by atoms with van der Waals surface area (Å²) in [6.07, 6.45) is 6.13. The van der Waals surface area contributed by atoms with Crippen molar-refractivity contribution in [3.63, 3.8) is 0 Å². The van der Waals surface area contributed by atoms with Gasteiger partial charge in [-0.3, -0.25) is 0 Å². The van der Waals surface area contributed by atoms with Crippen LogP contribution in [0.4, 0.5) is 0 Å². The Kier molecular flexibility index (Phi) is 7.24. The summed E-state index contributed by atoms with van der Waals surface area (Å²) in [6.45, 7) is 9.85. The first-order valence-electron chi connectivity index (χ1n) is 11.4. The Bertz CT molecular complexity index is 722. The smallest absolute Gasteiger partial charge is 0.209 e. The monoisotopic (exact) mass is 400 g/mol. The molecule has 158 valence electrons. The summed E-state index contributed by atoms with van der Waals surface area (Å²) < 4.78 is 7.87. The molecule has 0 unspecified atom stereocenters. The number of benzene rings is 1. The molecular formula is C22H36N6O+2. The van der Waals surface area contributed by atoms with Gasteiger partial charge in [-0.2, -0.15) is 0 Å². The van der Waals surface area contributed by atoms with Crippen LogP contribution in [-0.4, -0.2) is 59.1 Å². The van der Waals surface area contributed by atoms with E-state index in [0.29, 0.717) is 6.04 Å². The van der Waals surface area contributed by atoms with Gasteiger partial charge in [0.15, 0.2) is 0 Å². The number of piperazine rings is 1. The lowest BCUT2D eigenvalue weighted by Crippen LogP contribution is -3.27. The minimum Gasteiger partial charge on any atom is -0.376 e. The molecule has 2 fully saturated rings. The molecule has 4 rings (SSSR count). The maximum atomic E-state index is 5.83. The molecule has 0 spiro atoms. The lowest BCUT2D eigenvalue weighted by Gasteiger charge is -2.34. The number of hydrogen-bond donors (Lipinski definition) is 2. The van der Waals surface area contributed by atoms with Crippen LogP contribution in [0.2, 0.25) is 0 Å². The highest BCUT2D eigenvalue weighted by molar-refractivity contribution is 5.13. The van der Waals surface area contributed by atoms with Crippen molar-refractivity contribution in [2.75, 3.05) is 32.8 Å². The molecule has 2 saturated heterocycles. The number of rotatable bonds is 9. The third kappa shape index (κ3) is 5.41. The van der Waals surface area contributed by atoms with E-state index in [2.05, 4.69) is 52.8 Å². The van der Waals surface area contributed by atoms with Gasteiger partial charge in [-0.25, -0.2) is 4.68 Å². The maximum Gasteiger partial charge on any atom is 0.209 e. The van der Waals surface area contributed by atoms with Crippen molar-refractivity contribution in [2.45, 2.75) is 64.3 Å². The molecule has 2 aromatic rings. The molecule has 7 nitrogen and oxygen atoms in total. The Hall–Kier alpha value is -1.83. The van der Waals surface area contributed by atoms with Crippen molar-refractivity contribution in [1.82, 2.24) is 20.2 Å². The molecule has 2 N–H and O–H groups in total. The number of nitrogens with one attached hydrogen (secondary N) is 2. The summed E-state index contributed by atoms with van der Waals surface area (Å²) in [5.74, 6) is 1.07. The predicted octanol–water partition coefficient (Wildman–Crippen LogP) is 0.0670. The first-order valence-corrected chi connectivity index (χ1v) is 11.4. The normalized spacial score (nSPS) is 25.9. The number of quaternary nitrogens is 2. The Morgan fingerprint density at radius 2 is 2.00 bits per heavy atom. The molecule has 1 aromatic heterocycles. The zero-order valence-electron chi connectivity index (χ0n) is 17.7. The van der Waals surface area contributed by atoms with Crippen LogP contribution in [0.3, 0.4) is 0 Å². The highest BCUT2D eigenvalue weighted by Gasteiger charge is 2.34. The van der Waals surface area contributed by atoms with E-state index in [-0.39, 0.29) is 6.10 Å². The summed E-state index contributed by atoms with van der Waals surface area (Å²) in [4.78, 5) is 3.34. The number of unbranched alkanes of at least 4 members (excludes halogenated alkanes) is 1. The van der Waals surface area contributed by atoms with Gasteiger partial charge in [0, 0.05) is 18.6 Å². The van der Waals surface area contributed by atoms with E-state index in [0.717, 1.165) is 44.8 Å². The van der Waals surface area contributed by atoms with E-state index < -0.39 is 0 Å². The van der Waals surface area contributed by atoms with Gasteiger partial charge >= 0.3 is 0 Å². The average molecular weight is 401 g/mol. The van der Waals surface area contributed by atoms with Crippen molar-refractivity contribution >= 4 is 0 Å². The Balaban J connectivity index is 1.39. The molecule has 7 heteroatoms. The van der Waals surface area contributed by atoms with E-state index in [4.69, 9.17) is 4.74 Å². The predicted molar refractivity (Wildman–Crippen MR) is 111 cm³/mol. The third-order valence-electron chi connectivity index (χ3n) is 6.51. The van der Waals surface area contributed by atoms with Crippen LogP contribution in [0.15, 0.2) is 30.3 Å². The largest absolute Gasteiger partial charge is 0.376 e. The Morgan fingerprint density at radius 1 is 1.17 bits per heavy atom. The van der Waals surface area contributed by atoms with E-state index in [1.165, 1.54) is 44.6 Å². The number of aromatic nitrogens is 4. The van der Waals surface area contributed by atoms with Gasteiger partial charge in [0.05, 0.1) is 12.6 Å². The van der Waals surface area contributed by atoms with Gasteiger partial charge in [-0.1, -0.05) is 43.7 Å². The quantitative estimate of drug-likeness (QED) is 0.625. The summed E-state index contributed by atoms with van der Waals surface area (Å²) in [7, 11) is 0. The average Bonchev–Trinajstić information content (AvgIpc) is 3.43. The third-order valence-corrected chi connectivity index (χ3v) is 6.51. The summed E-state index contributed by atoms with van der Waals surface area (Å²) in [6, 6.07) is 11.3. The van der Waals surface area contributed by atoms with E-state index >= 15 is 0 Å². The van der Waals surface area contributed by atoms with Crippen LogP contribution in [0.1, 0.15) is 56.5 Å². The van der Waals surface area contributed by atoms with Gasteiger partial charge in [0.25, 0.3) is 0 Å². The molecule has 0 amide bonds.